The highest BCUT2D eigenvalue weighted by Crippen LogP contribution is 2.22. The third-order valence-electron chi connectivity index (χ3n) is 2.33. The van der Waals surface area contributed by atoms with Gasteiger partial charge in [-0.2, -0.15) is 0 Å². The first-order valence-electron chi connectivity index (χ1n) is 4.19. The fourth-order valence-electron chi connectivity index (χ4n) is 1.45. The molecule has 1 fully saturated rings. The number of rotatable bonds is 2. The SMILES string of the molecule is C=Cc1ccncc1C1CNC1. The summed E-state index contributed by atoms with van der Waals surface area (Å²) in [7, 11) is 0. The van der Waals surface area contributed by atoms with E-state index >= 15 is 0 Å². The number of hydrogen-bond donors (Lipinski definition) is 1. The molecule has 0 unspecified atom stereocenters. The van der Waals surface area contributed by atoms with Gasteiger partial charge in [0.2, 0.25) is 0 Å². The summed E-state index contributed by atoms with van der Waals surface area (Å²) in [6.07, 6.45) is 5.66. The molecule has 0 spiro atoms. The standard InChI is InChI=1S/C10H12N2/c1-2-8-3-4-11-7-10(8)9-5-12-6-9/h2-4,7,9,12H,1,5-6H2. The molecule has 1 aliphatic heterocycles. The highest BCUT2D eigenvalue weighted by molar-refractivity contribution is 5.52. The van der Waals surface area contributed by atoms with Crippen LogP contribution in [0.1, 0.15) is 17.0 Å². The van der Waals surface area contributed by atoms with Gasteiger partial charge in [-0.25, -0.2) is 0 Å². The average Bonchev–Trinajstić information content (AvgIpc) is 2.02. The zero-order valence-electron chi connectivity index (χ0n) is 6.96. The van der Waals surface area contributed by atoms with Crippen molar-refractivity contribution in [2.75, 3.05) is 13.1 Å². The molecule has 2 heteroatoms. The Morgan fingerprint density at radius 1 is 1.58 bits per heavy atom. The van der Waals surface area contributed by atoms with Gasteiger partial charge in [-0.05, 0) is 17.2 Å². The first-order valence-corrected chi connectivity index (χ1v) is 4.19. The van der Waals surface area contributed by atoms with E-state index in [1.807, 2.05) is 24.5 Å². The van der Waals surface area contributed by atoms with Crippen molar-refractivity contribution >= 4 is 6.08 Å². The summed E-state index contributed by atoms with van der Waals surface area (Å²) >= 11 is 0. The maximum absolute atomic E-state index is 4.12. The zero-order chi connectivity index (χ0) is 8.39. The van der Waals surface area contributed by atoms with Gasteiger partial charge in [0.05, 0.1) is 0 Å². The van der Waals surface area contributed by atoms with Crippen LogP contribution in [0.3, 0.4) is 0 Å². The highest BCUT2D eigenvalue weighted by atomic mass is 14.9. The van der Waals surface area contributed by atoms with E-state index in [0.717, 1.165) is 13.1 Å². The molecule has 1 aromatic heterocycles. The molecular formula is C10H12N2. The van der Waals surface area contributed by atoms with Crippen molar-refractivity contribution in [2.45, 2.75) is 5.92 Å². The van der Waals surface area contributed by atoms with E-state index in [9.17, 15) is 0 Å². The summed E-state index contributed by atoms with van der Waals surface area (Å²) in [6, 6.07) is 2.01. The predicted molar refractivity (Wildman–Crippen MR) is 49.9 cm³/mol. The van der Waals surface area contributed by atoms with E-state index in [1.54, 1.807) is 0 Å². The van der Waals surface area contributed by atoms with Gasteiger partial charge < -0.3 is 5.32 Å². The van der Waals surface area contributed by atoms with Gasteiger partial charge in [0.1, 0.15) is 0 Å². The zero-order valence-corrected chi connectivity index (χ0v) is 6.96. The summed E-state index contributed by atoms with van der Waals surface area (Å²) in [6.45, 7) is 5.94. The van der Waals surface area contributed by atoms with Gasteiger partial charge in [0.15, 0.2) is 0 Å². The molecule has 1 N–H and O–H groups in total. The van der Waals surface area contributed by atoms with Crippen LogP contribution in [0.2, 0.25) is 0 Å². The second-order valence-electron chi connectivity index (χ2n) is 3.06. The molecule has 0 bridgehead atoms. The van der Waals surface area contributed by atoms with Gasteiger partial charge in [-0.3, -0.25) is 4.98 Å². The number of pyridine rings is 1. The van der Waals surface area contributed by atoms with Crippen molar-refractivity contribution in [1.82, 2.24) is 10.3 Å². The second-order valence-corrected chi connectivity index (χ2v) is 3.06. The van der Waals surface area contributed by atoms with Crippen molar-refractivity contribution in [3.05, 3.63) is 36.2 Å². The van der Waals surface area contributed by atoms with E-state index in [4.69, 9.17) is 0 Å². The Bertz CT molecular complexity index is 290. The van der Waals surface area contributed by atoms with Crippen LogP contribution in [0.15, 0.2) is 25.0 Å². The van der Waals surface area contributed by atoms with Crippen LogP contribution in [-0.2, 0) is 0 Å². The van der Waals surface area contributed by atoms with Crippen LogP contribution in [0.4, 0.5) is 0 Å². The molecule has 2 heterocycles. The third kappa shape index (κ3) is 1.14. The summed E-state index contributed by atoms with van der Waals surface area (Å²) < 4.78 is 0. The van der Waals surface area contributed by atoms with Gasteiger partial charge in [-0.1, -0.05) is 12.7 Å². The molecule has 2 rings (SSSR count). The highest BCUT2D eigenvalue weighted by Gasteiger charge is 2.20. The molecular weight excluding hydrogens is 148 g/mol. The van der Waals surface area contributed by atoms with Gasteiger partial charge in [-0.15, -0.1) is 0 Å². The minimum Gasteiger partial charge on any atom is -0.315 e. The van der Waals surface area contributed by atoms with E-state index in [2.05, 4.69) is 16.9 Å². The molecule has 0 radical (unpaired) electrons. The minimum absolute atomic E-state index is 0.645. The summed E-state index contributed by atoms with van der Waals surface area (Å²) in [4.78, 5) is 4.12. The molecule has 0 aromatic carbocycles. The summed E-state index contributed by atoms with van der Waals surface area (Å²) in [5, 5.41) is 3.25. The van der Waals surface area contributed by atoms with E-state index in [0.29, 0.717) is 5.92 Å². The van der Waals surface area contributed by atoms with Gasteiger partial charge in [0, 0.05) is 31.4 Å². The van der Waals surface area contributed by atoms with Gasteiger partial charge in [0.25, 0.3) is 0 Å². The van der Waals surface area contributed by atoms with Crippen LogP contribution in [0, 0.1) is 0 Å². The second kappa shape index (κ2) is 3.07. The molecule has 2 nitrogen and oxygen atoms in total. The van der Waals surface area contributed by atoms with Crippen LogP contribution < -0.4 is 5.32 Å². The van der Waals surface area contributed by atoms with Gasteiger partial charge >= 0.3 is 0 Å². The van der Waals surface area contributed by atoms with E-state index < -0.39 is 0 Å². The lowest BCUT2D eigenvalue weighted by Crippen LogP contribution is -2.40. The van der Waals surface area contributed by atoms with Crippen molar-refractivity contribution in [3.63, 3.8) is 0 Å². The molecule has 1 aromatic rings. The number of nitrogens with one attached hydrogen (secondary N) is 1. The lowest BCUT2D eigenvalue weighted by molar-refractivity contribution is 0.447. The minimum atomic E-state index is 0.645. The summed E-state index contributed by atoms with van der Waals surface area (Å²) in [5.74, 6) is 0.645. The smallest absolute Gasteiger partial charge is 0.0309 e. The Balaban J connectivity index is 2.33. The molecule has 1 aliphatic rings. The topological polar surface area (TPSA) is 24.9 Å². The maximum Gasteiger partial charge on any atom is 0.0309 e. The van der Waals surface area contributed by atoms with Crippen LogP contribution in [0.25, 0.3) is 6.08 Å². The van der Waals surface area contributed by atoms with Crippen LogP contribution in [0.5, 0.6) is 0 Å². The Kier molecular flexibility index (Phi) is 1.92. The Morgan fingerprint density at radius 3 is 3.00 bits per heavy atom. The molecule has 62 valence electrons. The number of hydrogen-bond acceptors (Lipinski definition) is 2. The monoisotopic (exact) mass is 160 g/mol. The lowest BCUT2D eigenvalue weighted by Gasteiger charge is -2.28. The average molecular weight is 160 g/mol. The molecule has 0 atom stereocenters. The third-order valence-corrected chi connectivity index (χ3v) is 2.33. The molecule has 0 saturated carbocycles. The Morgan fingerprint density at radius 2 is 2.42 bits per heavy atom. The molecule has 1 saturated heterocycles. The normalized spacial score (nSPS) is 17.0. The molecule has 12 heavy (non-hydrogen) atoms. The maximum atomic E-state index is 4.12. The first kappa shape index (κ1) is 7.50. The van der Waals surface area contributed by atoms with Crippen molar-refractivity contribution in [3.8, 4) is 0 Å². The summed E-state index contributed by atoms with van der Waals surface area (Å²) in [5.41, 5.74) is 2.54. The molecule has 0 amide bonds. The Hall–Kier alpha value is -1.15. The van der Waals surface area contributed by atoms with Crippen molar-refractivity contribution in [1.29, 1.82) is 0 Å². The van der Waals surface area contributed by atoms with Crippen molar-refractivity contribution < 1.29 is 0 Å². The number of aromatic nitrogens is 1. The van der Waals surface area contributed by atoms with E-state index in [-0.39, 0.29) is 0 Å². The fourth-order valence-corrected chi connectivity index (χ4v) is 1.45. The first-order chi connectivity index (χ1) is 5.92. The van der Waals surface area contributed by atoms with Crippen molar-refractivity contribution in [2.24, 2.45) is 0 Å². The fraction of sp³-hybridized carbons (Fsp3) is 0.300. The lowest BCUT2D eigenvalue weighted by atomic mass is 9.91. The quantitative estimate of drug-likeness (QED) is 0.707. The van der Waals surface area contributed by atoms with Crippen LogP contribution in [-0.4, -0.2) is 18.1 Å². The predicted octanol–water partition coefficient (Wildman–Crippen LogP) is 1.41. The Labute approximate surface area is 72.3 Å². The largest absolute Gasteiger partial charge is 0.315 e. The molecule has 0 aliphatic carbocycles. The van der Waals surface area contributed by atoms with E-state index in [1.165, 1.54) is 11.1 Å². The van der Waals surface area contributed by atoms with Crippen LogP contribution >= 0.6 is 0 Å². The number of nitrogens with zero attached hydrogens (tertiary/aromatic N) is 1.